The van der Waals surface area contributed by atoms with Crippen LogP contribution in [-0.4, -0.2) is 54.7 Å². The molecule has 126 valence electrons. The van der Waals surface area contributed by atoms with Gasteiger partial charge in [0.05, 0.1) is 25.5 Å². The van der Waals surface area contributed by atoms with Gasteiger partial charge >= 0.3 is 0 Å². The van der Waals surface area contributed by atoms with Crippen molar-refractivity contribution in [2.45, 2.75) is 31.5 Å². The summed E-state index contributed by atoms with van der Waals surface area (Å²) in [4.78, 5) is 12.3. The van der Waals surface area contributed by atoms with Crippen LogP contribution in [0.4, 0.5) is 0 Å². The van der Waals surface area contributed by atoms with Gasteiger partial charge in [0.25, 0.3) is 0 Å². The van der Waals surface area contributed by atoms with Crippen LogP contribution >= 0.6 is 12.4 Å². The van der Waals surface area contributed by atoms with E-state index in [9.17, 15) is 4.79 Å². The Morgan fingerprint density at radius 3 is 2.95 bits per heavy atom. The Hall–Kier alpha value is -1.15. The van der Waals surface area contributed by atoms with Crippen LogP contribution in [-0.2, 0) is 21.3 Å². The summed E-state index contributed by atoms with van der Waals surface area (Å²) in [6.07, 6.45) is 4.60. The Bertz CT molecular complexity index is 463. The molecular weight excluding hydrogens is 308 g/mol. The second-order valence-electron chi connectivity index (χ2n) is 5.40. The average Bonchev–Trinajstić information content (AvgIpc) is 3.09. The molecule has 3 unspecified atom stereocenters. The third-order valence-electron chi connectivity index (χ3n) is 3.47. The van der Waals surface area contributed by atoms with E-state index in [4.69, 9.17) is 9.47 Å². The molecule has 1 saturated heterocycles. The van der Waals surface area contributed by atoms with Crippen molar-refractivity contribution in [3.8, 4) is 0 Å². The third kappa shape index (κ3) is 5.24. The molecule has 2 rings (SSSR count). The first-order valence-electron chi connectivity index (χ1n) is 7.25. The van der Waals surface area contributed by atoms with E-state index in [2.05, 4.69) is 15.7 Å². The zero-order chi connectivity index (χ0) is 15.2. The predicted molar refractivity (Wildman–Crippen MR) is 85.0 cm³/mol. The molecule has 22 heavy (non-hydrogen) atoms. The monoisotopic (exact) mass is 332 g/mol. The molecule has 0 aromatic carbocycles. The van der Waals surface area contributed by atoms with Gasteiger partial charge in [-0.15, -0.1) is 12.4 Å². The van der Waals surface area contributed by atoms with Gasteiger partial charge in [-0.1, -0.05) is 0 Å². The van der Waals surface area contributed by atoms with Crippen LogP contribution in [0.25, 0.3) is 0 Å². The molecule has 0 spiro atoms. The fourth-order valence-corrected chi connectivity index (χ4v) is 2.33. The average molecular weight is 333 g/mol. The normalized spacial score (nSPS) is 20.2. The van der Waals surface area contributed by atoms with E-state index < -0.39 is 6.04 Å². The molecule has 0 bridgehead atoms. The van der Waals surface area contributed by atoms with Gasteiger partial charge in [0, 0.05) is 31.5 Å². The number of rotatable bonds is 7. The Labute approximate surface area is 137 Å². The van der Waals surface area contributed by atoms with E-state index in [1.54, 1.807) is 17.9 Å². The maximum absolute atomic E-state index is 12.3. The van der Waals surface area contributed by atoms with E-state index in [1.807, 2.05) is 20.2 Å². The smallest absolute Gasteiger partial charge is 0.242 e. The lowest BCUT2D eigenvalue weighted by atomic mass is 10.1. The number of halogens is 1. The first kappa shape index (κ1) is 18.9. The highest BCUT2D eigenvalue weighted by Gasteiger charge is 2.22. The molecule has 1 aromatic heterocycles. The van der Waals surface area contributed by atoms with E-state index >= 15 is 0 Å². The topological polar surface area (TPSA) is 77.4 Å². The zero-order valence-corrected chi connectivity index (χ0v) is 14.1. The van der Waals surface area contributed by atoms with E-state index in [1.165, 1.54) is 0 Å². The van der Waals surface area contributed by atoms with Crippen LogP contribution in [0.15, 0.2) is 12.4 Å². The van der Waals surface area contributed by atoms with Crippen LogP contribution in [0, 0.1) is 0 Å². The van der Waals surface area contributed by atoms with Gasteiger partial charge in [0.1, 0.15) is 6.04 Å². The highest BCUT2D eigenvalue weighted by atomic mass is 35.5. The fraction of sp³-hybridized carbons (Fsp3) is 0.714. The minimum atomic E-state index is -0.407. The molecule has 2 N–H and O–H groups in total. The van der Waals surface area contributed by atoms with Crippen LogP contribution in [0.1, 0.15) is 24.9 Å². The summed E-state index contributed by atoms with van der Waals surface area (Å²) in [5.74, 6) is -0.0794. The number of ether oxygens (including phenoxy) is 2. The summed E-state index contributed by atoms with van der Waals surface area (Å²) in [6, 6.07) is -0.457. The lowest BCUT2D eigenvalue weighted by molar-refractivity contribution is -0.124. The zero-order valence-electron chi connectivity index (χ0n) is 13.2. The van der Waals surface area contributed by atoms with Crippen LogP contribution < -0.4 is 10.6 Å². The summed E-state index contributed by atoms with van der Waals surface area (Å²) >= 11 is 0. The molecule has 0 radical (unpaired) electrons. The molecule has 1 fully saturated rings. The van der Waals surface area contributed by atoms with Crippen molar-refractivity contribution >= 4 is 18.3 Å². The van der Waals surface area contributed by atoms with Crippen molar-refractivity contribution in [1.82, 2.24) is 20.4 Å². The van der Waals surface area contributed by atoms with Crippen molar-refractivity contribution < 1.29 is 14.3 Å². The van der Waals surface area contributed by atoms with Crippen molar-refractivity contribution in [3.05, 3.63) is 18.0 Å². The van der Waals surface area contributed by atoms with Crippen molar-refractivity contribution in [3.63, 3.8) is 0 Å². The highest BCUT2D eigenvalue weighted by molar-refractivity contribution is 5.85. The summed E-state index contributed by atoms with van der Waals surface area (Å²) in [5, 5.41) is 10.1. The van der Waals surface area contributed by atoms with Gasteiger partial charge in [-0.05, 0) is 20.4 Å². The molecule has 3 atom stereocenters. The summed E-state index contributed by atoms with van der Waals surface area (Å²) in [5.41, 5.74) is 0.842. The summed E-state index contributed by atoms with van der Waals surface area (Å²) < 4.78 is 12.6. The molecule has 0 saturated carbocycles. The molecule has 7 nitrogen and oxygen atoms in total. The second-order valence-corrected chi connectivity index (χ2v) is 5.40. The molecule has 2 heterocycles. The van der Waals surface area contributed by atoms with Gasteiger partial charge in [0.2, 0.25) is 5.91 Å². The van der Waals surface area contributed by atoms with Gasteiger partial charge in [-0.2, -0.15) is 5.10 Å². The fourth-order valence-electron chi connectivity index (χ4n) is 2.33. The summed E-state index contributed by atoms with van der Waals surface area (Å²) in [7, 11) is 3.59. The van der Waals surface area contributed by atoms with Crippen molar-refractivity contribution in [2.75, 3.05) is 26.9 Å². The number of hydrogen-bond acceptors (Lipinski definition) is 5. The number of amides is 1. The molecule has 0 aliphatic carbocycles. The van der Waals surface area contributed by atoms with Crippen molar-refractivity contribution in [1.29, 1.82) is 0 Å². The standard InChI is InChI=1S/C14H24N4O3.ClH/c1-10(8-21-12-4-5-20-9-12)17-14(19)13(15-2)11-6-16-18(3)7-11;/h6-7,10,12-13,15H,4-5,8-9H2,1-3H3,(H,17,19);1H. The Balaban J connectivity index is 0.00000242. The van der Waals surface area contributed by atoms with Gasteiger partial charge in [-0.3, -0.25) is 9.48 Å². The van der Waals surface area contributed by atoms with E-state index in [0.717, 1.165) is 18.6 Å². The molecular formula is C14H25ClN4O3. The van der Waals surface area contributed by atoms with Gasteiger partial charge in [-0.25, -0.2) is 0 Å². The number of aromatic nitrogens is 2. The Kier molecular flexibility index (Phi) is 7.81. The second kappa shape index (κ2) is 9.09. The lowest BCUT2D eigenvalue weighted by Gasteiger charge is -2.20. The predicted octanol–water partition coefficient (Wildman–Crippen LogP) is 0.413. The van der Waals surface area contributed by atoms with Gasteiger partial charge < -0.3 is 20.1 Å². The van der Waals surface area contributed by atoms with E-state index in [-0.39, 0.29) is 30.5 Å². The number of carbonyl (C=O) groups is 1. The first-order valence-corrected chi connectivity index (χ1v) is 7.25. The number of nitrogens with zero attached hydrogens (tertiary/aromatic N) is 2. The lowest BCUT2D eigenvalue weighted by Crippen LogP contribution is -2.43. The molecule has 1 amide bonds. The number of likely N-dealkylation sites (N-methyl/N-ethyl adjacent to an activating group) is 1. The maximum atomic E-state index is 12.3. The molecule has 1 aromatic rings. The van der Waals surface area contributed by atoms with Crippen LogP contribution in [0.5, 0.6) is 0 Å². The quantitative estimate of drug-likeness (QED) is 0.756. The largest absolute Gasteiger partial charge is 0.379 e. The maximum Gasteiger partial charge on any atom is 0.242 e. The number of hydrogen-bond donors (Lipinski definition) is 2. The SMILES string of the molecule is CNC(C(=O)NC(C)COC1CCOC1)c1cnn(C)c1.Cl. The van der Waals surface area contributed by atoms with E-state index in [0.29, 0.717) is 13.2 Å². The third-order valence-corrected chi connectivity index (χ3v) is 3.47. The van der Waals surface area contributed by atoms with Crippen LogP contribution in [0.3, 0.4) is 0 Å². The van der Waals surface area contributed by atoms with Crippen LogP contribution in [0.2, 0.25) is 0 Å². The summed E-state index contributed by atoms with van der Waals surface area (Å²) in [6.45, 7) is 3.83. The number of aryl methyl sites for hydroxylation is 1. The first-order chi connectivity index (χ1) is 10.1. The van der Waals surface area contributed by atoms with Crippen molar-refractivity contribution in [2.24, 2.45) is 7.05 Å². The van der Waals surface area contributed by atoms with Gasteiger partial charge in [0.15, 0.2) is 0 Å². The number of nitrogens with one attached hydrogen (secondary N) is 2. The molecule has 1 aliphatic rings. The number of carbonyl (C=O) groups excluding carboxylic acids is 1. The minimum absolute atomic E-state index is 0. The molecule has 1 aliphatic heterocycles. The Morgan fingerprint density at radius 2 is 2.41 bits per heavy atom. The Morgan fingerprint density at radius 1 is 1.64 bits per heavy atom. The minimum Gasteiger partial charge on any atom is -0.379 e. The highest BCUT2D eigenvalue weighted by Crippen LogP contribution is 2.12. The molecule has 8 heteroatoms.